The molecule has 2 aromatic rings. The number of aliphatic hydroxyl groups excluding tert-OH is 2. The number of benzene rings is 1. The third-order valence-electron chi connectivity index (χ3n) is 7.54. The molecule has 4 unspecified atom stereocenters. The fourth-order valence-corrected chi connectivity index (χ4v) is 6.11. The Kier molecular flexibility index (Phi) is 5.36. The summed E-state index contributed by atoms with van der Waals surface area (Å²) in [6.45, 7) is 0. The van der Waals surface area contributed by atoms with Gasteiger partial charge in [0.05, 0.1) is 28.9 Å². The van der Waals surface area contributed by atoms with Crippen molar-refractivity contribution in [2.75, 3.05) is 19.8 Å². The van der Waals surface area contributed by atoms with Crippen LogP contribution in [-0.4, -0.2) is 62.8 Å². The third-order valence-corrected chi connectivity index (χ3v) is 7.54. The van der Waals surface area contributed by atoms with Crippen molar-refractivity contribution in [2.24, 2.45) is 23.5 Å². The molecule has 3 aliphatic rings. The Bertz CT molecular complexity index is 1390. The third kappa shape index (κ3) is 3.21. The molecule has 3 aliphatic carbocycles. The molecule has 10 nitrogen and oxygen atoms in total. The zero-order chi connectivity index (χ0) is 26.0. The highest BCUT2D eigenvalue weighted by Crippen LogP contribution is 2.52. The number of phenols is 1. The van der Waals surface area contributed by atoms with E-state index in [0.717, 1.165) is 0 Å². The average Bonchev–Trinajstić information content (AvgIpc) is 2.81. The maximum Gasteiger partial charge on any atom is 0.255 e. The molecule has 1 aromatic heterocycles. The Hall–Kier alpha value is -4.18. The summed E-state index contributed by atoms with van der Waals surface area (Å²) in [6, 6.07) is 6.13. The number of primary amides is 1. The van der Waals surface area contributed by atoms with E-state index in [1.807, 2.05) is 0 Å². The summed E-state index contributed by atoms with van der Waals surface area (Å²) >= 11 is 0. The Balaban J connectivity index is 1.71. The number of Topliss-reactive ketones (excluding diaryl/α,β-unsaturated/α-hetero) is 2. The summed E-state index contributed by atoms with van der Waals surface area (Å²) in [5, 5.41) is 32.9. The highest BCUT2D eigenvalue weighted by atomic mass is 16.3. The number of hydrogen-bond acceptors (Lipinski definition) is 9. The van der Waals surface area contributed by atoms with Gasteiger partial charge in [0.15, 0.2) is 11.6 Å². The molecule has 1 aromatic carbocycles. The molecule has 4 atom stereocenters. The van der Waals surface area contributed by atoms with Crippen LogP contribution < -0.4 is 11.5 Å². The van der Waals surface area contributed by atoms with Crippen molar-refractivity contribution < 1.29 is 29.7 Å². The molecule has 10 heteroatoms. The molecule has 36 heavy (non-hydrogen) atoms. The van der Waals surface area contributed by atoms with Gasteiger partial charge in [0.25, 0.3) is 5.91 Å². The minimum Gasteiger partial charge on any atom is -0.511 e. The van der Waals surface area contributed by atoms with Crippen LogP contribution in [0.3, 0.4) is 0 Å². The Morgan fingerprint density at radius 3 is 2.47 bits per heavy atom. The number of aliphatic hydroxyl groups is 2. The van der Waals surface area contributed by atoms with E-state index in [0.29, 0.717) is 16.8 Å². The number of nitrogen functional groups attached to an aromatic ring is 1. The topological polar surface area (TPSA) is 180 Å². The van der Waals surface area contributed by atoms with Crippen LogP contribution in [0.2, 0.25) is 0 Å². The number of carbonyl (C=O) groups excluding carboxylic acids is 3. The van der Waals surface area contributed by atoms with E-state index < -0.39 is 64.1 Å². The lowest BCUT2D eigenvalue weighted by molar-refractivity contribution is -0.127. The zero-order valence-electron chi connectivity index (χ0n) is 19.7. The fourth-order valence-electron chi connectivity index (χ4n) is 6.11. The number of ketones is 2. The molecule has 0 radical (unpaired) electrons. The van der Waals surface area contributed by atoms with Crippen molar-refractivity contribution in [1.82, 2.24) is 9.88 Å². The highest BCUT2D eigenvalue weighted by molar-refractivity contribution is 6.22. The van der Waals surface area contributed by atoms with Crippen LogP contribution in [0.25, 0.3) is 11.3 Å². The van der Waals surface area contributed by atoms with Crippen molar-refractivity contribution in [1.29, 1.82) is 0 Å². The van der Waals surface area contributed by atoms with Crippen molar-refractivity contribution in [3.8, 4) is 17.0 Å². The van der Waals surface area contributed by atoms with Gasteiger partial charge in [0.2, 0.25) is 0 Å². The standard InChI is InChI=1S/C26H26N4O6/c1-30(2)20-13-8-10-7-12-11(15-5-3-4-6-29-15)9-14(27)21(31)17(12)22(32)16(10)23(33)18(13)24(34)19(25(20)35)26(28)36/h3-6,9-10,13,18,20,31,33,35H,7-8,27H2,1-2H3,(H2,28,36). The summed E-state index contributed by atoms with van der Waals surface area (Å²) in [5.41, 5.74) is 12.5. The predicted molar refractivity (Wildman–Crippen MR) is 130 cm³/mol. The molecule has 5 rings (SSSR count). The number of pyridine rings is 1. The minimum absolute atomic E-state index is 0.00712. The van der Waals surface area contributed by atoms with Crippen molar-refractivity contribution in [3.63, 3.8) is 0 Å². The van der Waals surface area contributed by atoms with Crippen LogP contribution in [0.1, 0.15) is 22.3 Å². The Morgan fingerprint density at radius 1 is 1.14 bits per heavy atom. The first-order valence-electron chi connectivity index (χ1n) is 11.5. The van der Waals surface area contributed by atoms with Crippen LogP contribution >= 0.6 is 0 Å². The summed E-state index contributed by atoms with van der Waals surface area (Å²) in [7, 11) is 3.37. The number of nitrogens with zero attached hydrogens (tertiary/aromatic N) is 2. The molecule has 0 saturated heterocycles. The number of aromatic nitrogens is 1. The minimum atomic E-state index is -1.23. The van der Waals surface area contributed by atoms with E-state index >= 15 is 0 Å². The number of aromatic hydroxyl groups is 1. The van der Waals surface area contributed by atoms with E-state index in [2.05, 4.69) is 4.98 Å². The maximum absolute atomic E-state index is 13.8. The van der Waals surface area contributed by atoms with E-state index in [4.69, 9.17) is 11.5 Å². The molecule has 0 saturated carbocycles. The van der Waals surface area contributed by atoms with Gasteiger partial charge in [0, 0.05) is 17.3 Å². The number of anilines is 1. The summed E-state index contributed by atoms with van der Waals surface area (Å²) in [6.07, 6.45) is 2.15. The SMILES string of the molecule is CN(C)C1C(O)=C(C(N)=O)C(=O)C2C(O)=C3C(=O)c4c(O)c(N)cc(-c5ccccn5)c4CC3CC21. The van der Waals surface area contributed by atoms with E-state index in [-0.39, 0.29) is 29.7 Å². The van der Waals surface area contributed by atoms with Crippen LogP contribution in [0.4, 0.5) is 5.69 Å². The molecule has 0 bridgehead atoms. The first-order valence-corrected chi connectivity index (χ1v) is 11.5. The molecule has 186 valence electrons. The zero-order valence-corrected chi connectivity index (χ0v) is 19.7. The monoisotopic (exact) mass is 490 g/mol. The second-order valence-electron chi connectivity index (χ2n) is 9.73. The molecule has 1 heterocycles. The number of amides is 1. The van der Waals surface area contributed by atoms with Crippen LogP contribution in [-0.2, 0) is 16.0 Å². The number of rotatable bonds is 3. The van der Waals surface area contributed by atoms with E-state index in [9.17, 15) is 29.7 Å². The first kappa shape index (κ1) is 23.6. The molecule has 0 fully saturated rings. The lowest BCUT2D eigenvalue weighted by Gasteiger charge is -2.46. The molecule has 7 N–H and O–H groups in total. The van der Waals surface area contributed by atoms with Gasteiger partial charge in [-0.2, -0.15) is 0 Å². The number of nitrogens with two attached hydrogens (primary N) is 2. The number of hydrogen-bond donors (Lipinski definition) is 5. The fraction of sp³-hybridized carbons (Fsp3) is 0.308. The highest BCUT2D eigenvalue weighted by Gasteiger charge is 2.54. The van der Waals surface area contributed by atoms with Gasteiger partial charge in [-0.05, 0) is 62.5 Å². The predicted octanol–water partition coefficient (Wildman–Crippen LogP) is 1.65. The quantitative estimate of drug-likeness (QED) is 0.243. The lowest BCUT2D eigenvalue weighted by Crippen LogP contribution is -2.53. The smallest absolute Gasteiger partial charge is 0.255 e. The van der Waals surface area contributed by atoms with Crippen molar-refractivity contribution in [3.05, 3.63) is 64.3 Å². The van der Waals surface area contributed by atoms with E-state index in [1.54, 1.807) is 49.5 Å². The summed E-state index contributed by atoms with van der Waals surface area (Å²) < 4.78 is 0. The van der Waals surface area contributed by atoms with Gasteiger partial charge in [-0.3, -0.25) is 24.3 Å². The molecule has 0 aliphatic heterocycles. The van der Waals surface area contributed by atoms with Gasteiger partial charge >= 0.3 is 0 Å². The van der Waals surface area contributed by atoms with Gasteiger partial charge in [-0.25, -0.2) is 0 Å². The van der Waals surface area contributed by atoms with Crippen LogP contribution in [0.15, 0.2) is 53.1 Å². The maximum atomic E-state index is 13.8. The van der Waals surface area contributed by atoms with Gasteiger partial charge in [0.1, 0.15) is 22.8 Å². The number of carbonyl (C=O) groups is 3. The Morgan fingerprint density at radius 2 is 1.86 bits per heavy atom. The number of phenolic OH excluding ortho intramolecular Hbond substituents is 1. The van der Waals surface area contributed by atoms with Crippen LogP contribution in [0.5, 0.6) is 5.75 Å². The average molecular weight is 491 g/mol. The number of fused-ring (bicyclic) bond motifs is 3. The first-order chi connectivity index (χ1) is 17.0. The largest absolute Gasteiger partial charge is 0.511 e. The molecule has 0 spiro atoms. The second kappa shape index (κ2) is 8.20. The van der Waals surface area contributed by atoms with Gasteiger partial charge < -0.3 is 26.8 Å². The van der Waals surface area contributed by atoms with Crippen LogP contribution in [0, 0.1) is 17.8 Å². The van der Waals surface area contributed by atoms with Crippen molar-refractivity contribution in [2.45, 2.75) is 18.9 Å². The second-order valence-corrected chi connectivity index (χ2v) is 9.73. The summed E-state index contributed by atoms with van der Waals surface area (Å²) in [5.74, 6) is -6.20. The molecular weight excluding hydrogens is 464 g/mol. The number of allylic oxidation sites excluding steroid dienone is 2. The van der Waals surface area contributed by atoms with E-state index in [1.165, 1.54) is 0 Å². The lowest BCUT2D eigenvalue weighted by atomic mass is 9.60. The normalized spacial score (nSPS) is 25.5. The van der Waals surface area contributed by atoms with Gasteiger partial charge in [-0.1, -0.05) is 6.07 Å². The van der Waals surface area contributed by atoms with Gasteiger partial charge in [-0.15, -0.1) is 0 Å². The van der Waals surface area contributed by atoms with Crippen molar-refractivity contribution >= 4 is 23.2 Å². The molecule has 1 amide bonds. The Labute approximate surface area is 206 Å². The molecular formula is C26H26N4O6. The summed E-state index contributed by atoms with van der Waals surface area (Å²) in [4.78, 5) is 45.1. The number of likely N-dealkylation sites (N-methyl/N-ethyl adjacent to an activating group) is 1.